The molecule has 1 aromatic carbocycles. The normalized spacial score (nSPS) is 20.7. The summed E-state index contributed by atoms with van der Waals surface area (Å²) in [6.07, 6.45) is 2.53. The quantitative estimate of drug-likeness (QED) is 0.685. The summed E-state index contributed by atoms with van der Waals surface area (Å²) in [6, 6.07) is 3.89. The molecule has 5 rings (SSSR count). The van der Waals surface area contributed by atoms with Gasteiger partial charge in [-0.15, -0.1) is 11.3 Å². The van der Waals surface area contributed by atoms with Crippen LogP contribution >= 0.6 is 11.3 Å². The Morgan fingerprint density at radius 1 is 1.23 bits per heavy atom. The zero-order valence-electron chi connectivity index (χ0n) is 16.6. The van der Waals surface area contributed by atoms with Gasteiger partial charge in [-0.25, -0.2) is 9.78 Å². The summed E-state index contributed by atoms with van der Waals surface area (Å²) >= 11 is 1.49. The van der Waals surface area contributed by atoms with Crippen molar-refractivity contribution in [3.63, 3.8) is 0 Å². The van der Waals surface area contributed by atoms with Crippen LogP contribution in [-0.2, 0) is 0 Å². The number of piperazine rings is 1. The van der Waals surface area contributed by atoms with Crippen LogP contribution in [0.15, 0.2) is 28.1 Å². The van der Waals surface area contributed by atoms with E-state index in [0.717, 1.165) is 23.4 Å². The molecule has 156 valence electrons. The van der Waals surface area contributed by atoms with Crippen LogP contribution in [0.4, 0.5) is 10.8 Å². The molecular formula is C20H21N5O4S. The number of carboxylic acid groups (broad SMARTS) is 1. The number of thiazole rings is 1. The number of carbonyl (C=O) groups is 2. The van der Waals surface area contributed by atoms with E-state index in [0.29, 0.717) is 35.8 Å². The summed E-state index contributed by atoms with van der Waals surface area (Å²) in [7, 11) is 3.40. The molecule has 0 radical (unpaired) electrons. The van der Waals surface area contributed by atoms with E-state index >= 15 is 0 Å². The SMILES string of the molecule is CN(C)C(=O)c1ccc(-c2nccs2)c2oc(N3CC4CCC(C3)N4C(=O)O)nc12. The van der Waals surface area contributed by atoms with Gasteiger partial charge in [0.2, 0.25) is 0 Å². The Labute approximate surface area is 176 Å². The number of anilines is 1. The van der Waals surface area contributed by atoms with Crippen molar-refractivity contribution in [2.24, 2.45) is 0 Å². The van der Waals surface area contributed by atoms with Crippen LogP contribution in [0, 0.1) is 0 Å². The molecule has 10 heteroatoms. The molecule has 2 saturated heterocycles. The highest BCUT2D eigenvalue weighted by atomic mass is 32.1. The molecule has 2 bridgehead atoms. The first-order valence-electron chi connectivity index (χ1n) is 9.75. The number of rotatable bonds is 3. The molecular weight excluding hydrogens is 406 g/mol. The van der Waals surface area contributed by atoms with Crippen molar-refractivity contribution in [1.82, 2.24) is 19.8 Å². The van der Waals surface area contributed by atoms with Crippen LogP contribution in [0.25, 0.3) is 21.7 Å². The standard InChI is InChI=1S/C20H21N5O4S/c1-23(2)18(26)13-5-6-14(17-21-7-8-30-17)16-15(13)22-19(29-16)24-9-11-3-4-12(10-24)25(11)20(27)28/h5-8,11-12H,3-4,9-10H2,1-2H3,(H,27,28). The molecule has 2 aromatic heterocycles. The molecule has 2 atom stereocenters. The molecule has 30 heavy (non-hydrogen) atoms. The average molecular weight is 427 g/mol. The number of fused-ring (bicyclic) bond motifs is 3. The maximum absolute atomic E-state index is 12.7. The van der Waals surface area contributed by atoms with Gasteiger partial charge in [0.25, 0.3) is 11.9 Å². The Hall–Kier alpha value is -3.14. The number of oxazole rings is 1. The minimum absolute atomic E-state index is 0.0717. The third kappa shape index (κ3) is 2.90. The van der Waals surface area contributed by atoms with Crippen molar-refractivity contribution >= 4 is 40.5 Å². The number of benzene rings is 1. The minimum Gasteiger partial charge on any atom is -0.465 e. The summed E-state index contributed by atoms with van der Waals surface area (Å²) in [5.41, 5.74) is 2.30. The molecule has 2 fully saturated rings. The number of nitrogens with zero attached hydrogens (tertiary/aromatic N) is 5. The Kier molecular flexibility index (Phi) is 4.39. The van der Waals surface area contributed by atoms with Gasteiger partial charge in [-0.05, 0) is 25.0 Å². The lowest BCUT2D eigenvalue weighted by atomic mass is 10.1. The smallest absolute Gasteiger partial charge is 0.407 e. The first kappa shape index (κ1) is 18.9. The fraction of sp³-hybridized carbons (Fsp3) is 0.400. The van der Waals surface area contributed by atoms with E-state index in [4.69, 9.17) is 9.40 Å². The predicted molar refractivity (Wildman–Crippen MR) is 112 cm³/mol. The van der Waals surface area contributed by atoms with E-state index < -0.39 is 6.09 Å². The van der Waals surface area contributed by atoms with Crippen molar-refractivity contribution in [2.45, 2.75) is 24.9 Å². The van der Waals surface area contributed by atoms with Gasteiger partial charge >= 0.3 is 6.09 Å². The molecule has 3 aromatic rings. The Balaban J connectivity index is 1.59. The van der Waals surface area contributed by atoms with Gasteiger partial charge in [-0.1, -0.05) is 0 Å². The second-order valence-electron chi connectivity index (χ2n) is 7.85. The summed E-state index contributed by atoms with van der Waals surface area (Å²) in [5.74, 6) is -0.152. The molecule has 2 unspecified atom stereocenters. The van der Waals surface area contributed by atoms with Gasteiger partial charge in [0.15, 0.2) is 5.58 Å². The zero-order chi connectivity index (χ0) is 21.0. The summed E-state index contributed by atoms with van der Waals surface area (Å²) in [6.45, 7) is 1.05. The number of carbonyl (C=O) groups excluding carboxylic acids is 1. The van der Waals surface area contributed by atoms with Gasteiger partial charge in [-0.2, -0.15) is 4.98 Å². The summed E-state index contributed by atoms with van der Waals surface area (Å²) < 4.78 is 6.20. The van der Waals surface area contributed by atoms with Crippen LogP contribution in [0.2, 0.25) is 0 Å². The third-order valence-electron chi connectivity index (χ3n) is 5.81. The maximum atomic E-state index is 12.7. The van der Waals surface area contributed by atoms with E-state index in [9.17, 15) is 14.7 Å². The fourth-order valence-electron chi connectivity index (χ4n) is 4.44. The highest BCUT2D eigenvalue weighted by molar-refractivity contribution is 7.13. The second kappa shape index (κ2) is 6.98. The topological polar surface area (TPSA) is 103 Å². The van der Waals surface area contributed by atoms with E-state index in [1.54, 1.807) is 31.3 Å². The Morgan fingerprint density at radius 3 is 2.57 bits per heavy atom. The lowest BCUT2D eigenvalue weighted by Gasteiger charge is -2.38. The average Bonchev–Trinajstić information content (AvgIpc) is 3.44. The van der Waals surface area contributed by atoms with Crippen molar-refractivity contribution in [3.05, 3.63) is 29.3 Å². The van der Waals surface area contributed by atoms with Crippen LogP contribution in [0.5, 0.6) is 0 Å². The fourth-order valence-corrected chi connectivity index (χ4v) is 5.10. The summed E-state index contributed by atoms with van der Waals surface area (Å²) in [5, 5.41) is 12.2. The highest BCUT2D eigenvalue weighted by Crippen LogP contribution is 2.37. The van der Waals surface area contributed by atoms with Crippen molar-refractivity contribution in [3.8, 4) is 10.6 Å². The van der Waals surface area contributed by atoms with Gasteiger partial charge in [0.1, 0.15) is 10.5 Å². The molecule has 9 nitrogen and oxygen atoms in total. The molecule has 2 aliphatic heterocycles. The van der Waals surface area contributed by atoms with Crippen LogP contribution in [0.3, 0.4) is 0 Å². The van der Waals surface area contributed by atoms with Crippen LogP contribution < -0.4 is 4.90 Å². The van der Waals surface area contributed by atoms with E-state index in [-0.39, 0.29) is 18.0 Å². The largest absolute Gasteiger partial charge is 0.465 e. The van der Waals surface area contributed by atoms with Gasteiger partial charge in [-0.3, -0.25) is 9.69 Å². The highest BCUT2D eigenvalue weighted by Gasteiger charge is 2.44. The van der Waals surface area contributed by atoms with E-state index in [1.165, 1.54) is 16.2 Å². The Morgan fingerprint density at radius 2 is 1.97 bits per heavy atom. The van der Waals surface area contributed by atoms with Crippen molar-refractivity contribution in [1.29, 1.82) is 0 Å². The molecule has 0 aliphatic carbocycles. The van der Waals surface area contributed by atoms with Gasteiger partial charge in [0, 0.05) is 38.8 Å². The van der Waals surface area contributed by atoms with Gasteiger partial charge < -0.3 is 19.3 Å². The lowest BCUT2D eigenvalue weighted by Crippen LogP contribution is -2.55. The molecule has 1 N–H and O–H groups in total. The van der Waals surface area contributed by atoms with Crippen LogP contribution in [-0.4, -0.2) is 76.1 Å². The first-order chi connectivity index (χ1) is 14.4. The number of hydrogen-bond acceptors (Lipinski definition) is 7. The third-order valence-corrected chi connectivity index (χ3v) is 6.61. The van der Waals surface area contributed by atoms with E-state index in [2.05, 4.69) is 4.98 Å². The molecule has 2 aliphatic rings. The lowest BCUT2D eigenvalue weighted by molar-refractivity contribution is 0.0829. The second-order valence-corrected chi connectivity index (χ2v) is 8.75. The number of aromatic nitrogens is 2. The molecule has 0 saturated carbocycles. The maximum Gasteiger partial charge on any atom is 0.407 e. The zero-order valence-corrected chi connectivity index (χ0v) is 17.4. The first-order valence-corrected chi connectivity index (χ1v) is 10.6. The monoisotopic (exact) mass is 427 g/mol. The molecule has 0 spiro atoms. The Bertz CT molecular complexity index is 1110. The predicted octanol–water partition coefficient (Wildman–Crippen LogP) is 2.98. The van der Waals surface area contributed by atoms with Crippen molar-refractivity contribution in [2.75, 3.05) is 32.1 Å². The van der Waals surface area contributed by atoms with Gasteiger partial charge in [0.05, 0.1) is 23.2 Å². The van der Waals surface area contributed by atoms with Crippen molar-refractivity contribution < 1.29 is 19.1 Å². The van der Waals surface area contributed by atoms with Crippen LogP contribution in [0.1, 0.15) is 23.2 Å². The molecule has 2 amide bonds. The minimum atomic E-state index is -0.871. The van der Waals surface area contributed by atoms with E-state index in [1.807, 2.05) is 16.3 Å². The molecule has 4 heterocycles. The summed E-state index contributed by atoms with van der Waals surface area (Å²) in [4.78, 5) is 38.4. The number of hydrogen-bond donors (Lipinski definition) is 1. The number of amides is 2.